The van der Waals surface area contributed by atoms with E-state index in [1.165, 1.54) is 11.3 Å². The molecular formula is C13H17N3OS. The summed E-state index contributed by atoms with van der Waals surface area (Å²) in [7, 11) is 0. The molecule has 0 bridgehead atoms. The number of benzene rings is 1. The van der Waals surface area contributed by atoms with Crippen LogP contribution >= 0.6 is 11.3 Å². The van der Waals surface area contributed by atoms with Gasteiger partial charge in [-0.3, -0.25) is 0 Å². The number of rotatable bonds is 5. The predicted molar refractivity (Wildman–Crippen MR) is 73.7 cm³/mol. The van der Waals surface area contributed by atoms with Gasteiger partial charge >= 0.3 is 0 Å². The smallest absolute Gasteiger partial charge is 0.147 e. The van der Waals surface area contributed by atoms with Crippen LogP contribution in [0, 0.1) is 0 Å². The lowest BCUT2D eigenvalue weighted by Crippen LogP contribution is -2.03. The van der Waals surface area contributed by atoms with E-state index in [9.17, 15) is 0 Å². The molecule has 0 aliphatic heterocycles. The second-order valence-electron chi connectivity index (χ2n) is 4.11. The summed E-state index contributed by atoms with van der Waals surface area (Å²) in [6, 6.07) is 7.83. The van der Waals surface area contributed by atoms with E-state index in [4.69, 9.17) is 10.5 Å². The number of aromatic nitrogens is 2. The van der Waals surface area contributed by atoms with Crippen LogP contribution in [0.4, 0.5) is 0 Å². The van der Waals surface area contributed by atoms with Crippen molar-refractivity contribution in [3.05, 3.63) is 29.3 Å². The molecule has 2 aromatic rings. The van der Waals surface area contributed by atoms with Crippen molar-refractivity contribution in [2.75, 3.05) is 6.61 Å². The molecule has 0 radical (unpaired) electrons. The van der Waals surface area contributed by atoms with Crippen molar-refractivity contribution < 1.29 is 4.74 Å². The van der Waals surface area contributed by atoms with Gasteiger partial charge in [-0.2, -0.15) is 0 Å². The topological polar surface area (TPSA) is 61.0 Å². The minimum atomic E-state index is -0.0734. The summed E-state index contributed by atoms with van der Waals surface area (Å²) in [5.74, 6) is 0.867. The molecule has 1 aromatic carbocycles. The first-order valence-electron chi connectivity index (χ1n) is 6.03. The van der Waals surface area contributed by atoms with Crippen LogP contribution in [0.1, 0.15) is 31.3 Å². The van der Waals surface area contributed by atoms with E-state index in [0.29, 0.717) is 0 Å². The van der Waals surface area contributed by atoms with Crippen LogP contribution in [-0.2, 0) is 0 Å². The zero-order chi connectivity index (χ0) is 13.0. The lowest BCUT2D eigenvalue weighted by Gasteiger charge is -2.05. The molecule has 18 heavy (non-hydrogen) atoms. The third-order valence-electron chi connectivity index (χ3n) is 2.38. The van der Waals surface area contributed by atoms with Crippen LogP contribution in [-0.4, -0.2) is 16.8 Å². The van der Waals surface area contributed by atoms with E-state index in [2.05, 4.69) is 17.1 Å². The quantitative estimate of drug-likeness (QED) is 0.900. The molecule has 0 aliphatic carbocycles. The molecule has 5 heteroatoms. The summed E-state index contributed by atoms with van der Waals surface area (Å²) >= 11 is 1.52. The Bertz CT molecular complexity index is 510. The first-order valence-corrected chi connectivity index (χ1v) is 6.84. The van der Waals surface area contributed by atoms with Crippen LogP contribution in [0.5, 0.6) is 5.75 Å². The third-order valence-corrected chi connectivity index (χ3v) is 3.56. The van der Waals surface area contributed by atoms with Gasteiger partial charge in [0, 0.05) is 5.56 Å². The van der Waals surface area contributed by atoms with Gasteiger partial charge in [0.2, 0.25) is 0 Å². The zero-order valence-corrected chi connectivity index (χ0v) is 11.4. The van der Waals surface area contributed by atoms with Crippen LogP contribution in [0.15, 0.2) is 24.3 Å². The fourth-order valence-electron chi connectivity index (χ4n) is 1.47. The lowest BCUT2D eigenvalue weighted by atomic mass is 10.2. The molecular weight excluding hydrogens is 246 g/mol. The highest BCUT2D eigenvalue weighted by Gasteiger charge is 2.10. The summed E-state index contributed by atoms with van der Waals surface area (Å²) < 4.78 is 5.60. The molecule has 2 rings (SSSR count). The average Bonchev–Trinajstić information content (AvgIpc) is 2.86. The van der Waals surface area contributed by atoms with Gasteiger partial charge in [-0.15, -0.1) is 10.2 Å². The number of nitrogens with two attached hydrogens (primary N) is 1. The average molecular weight is 263 g/mol. The first-order chi connectivity index (χ1) is 8.70. The molecule has 0 saturated heterocycles. The van der Waals surface area contributed by atoms with Crippen molar-refractivity contribution in [3.63, 3.8) is 0 Å². The molecule has 2 N–H and O–H groups in total. The van der Waals surface area contributed by atoms with Crippen molar-refractivity contribution in [1.82, 2.24) is 10.2 Å². The summed E-state index contributed by atoms with van der Waals surface area (Å²) in [6.07, 6.45) is 0.998. The largest absolute Gasteiger partial charge is 0.494 e. The fourth-order valence-corrected chi connectivity index (χ4v) is 2.27. The van der Waals surface area contributed by atoms with Gasteiger partial charge in [0.15, 0.2) is 0 Å². The van der Waals surface area contributed by atoms with E-state index < -0.39 is 0 Å². The van der Waals surface area contributed by atoms with Crippen molar-refractivity contribution in [2.45, 2.75) is 26.3 Å². The number of hydrogen-bond acceptors (Lipinski definition) is 5. The van der Waals surface area contributed by atoms with E-state index in [-0.39, 0.29) is 6.04 Å². The van der Waals surface area contributed by atoms with Gasteiger partial charge in [-0.05, 0) is 25.5 Å². The SMILES string of the molecule is CCCOc1cccc(-c2nnc(C(C)N)s2)c1. The monoisotopic (exact) mass is 263 g/mol. The van der Waals surface area contributed by atoms with Crippen molar-refractivity contribution in [2.24, 2.45) is 5.73 Å². The van der Waals surface area contributed by atoms with Gasteiger partial charge in [0.05, 0.1) is 12.6 Å². The minimum absolute atomic E-state index is 0.0734. The minimum Gasteiger partial charge on any atom is -0.494 e. The van der Waals surface area contributed by atoms with Crippen LogP contribution in [0.25, 0.3) is 10.6 Å². The standard InChI is InChI=1S/C13H17N3OS/c1-3-7-17-11-6-4-5-10(8-11)13-16-15-12(18-13)9(2)14/h4-6,8-9H,3,7,14H2,1-2H3. The number of ether oxygens (including phenoxy) is 1. The van der Waals surface area contributed by atoms with Crippen LogP contribution < -0.4 is 10.5 Å². The second-order valence-corrected chi connectivity index (χ2v) is 5.12. The highest BCUT2D eigenvalue weighted by molar-refractivity contribution is 7.14. The molecule has 0 fully saturated rings. The van der Waals surface area contributed by atoms with Gasteiger partial charge in [0.25, 0.3) is 0 Å². The van der Waals surface area contributed by atoms with Gasteiger partial charge in [-0.1, -0.05) is 30.4 Å². The van der Waals surface area contributed by atoms with Crippen LogP contribution in [0.2, 0.25) is 0 Å². The van der Waals surface area contributed by atoms with E-state index in [1.54, 1.807) is 0 Å². The Kier molecular flexibility index (Phi) is 4.28. The first kappa shape index (κ1) is 13.0. The van der Waals surface area contributed by atoms with Crippen molar-refractivity contribution >= 4 is 11.3 Å². The number of nitrogens with zero attached hydrogens (tertiary/aromatic N) is 2. The molecule has 1 atom stereocenters. The Labute approximate surface area is 111 Å². The molecule has 96 valence electrons. The van der Waals surface area contributed by atoms with Crippen LogP contribution in [0.3, 0.4) is 0 Å². The van der Waals surface area contributed by atoms with Crippen molar-refractivity contribution in [1.29, 1.82) is 0 Å². The Balaban J connectivity index is 2.21. The fraction of sp³-hybridized carbons (Fsp3) is 0.385. The molecule has 1 aromatic heterocycles. The molecule has 4 nitrogen and oxygen atoms in total. The Hall–Kier alpha value is -1.46. The van der Waals surface area contributed by atoms with E-state index in [1.807, 2.05) is 31.2 Å². The Morgan fingerprint density at radius 3 is 2.89 bits per heavy atom. The zero-order valence-electron chi connectivity index (χ0n) is 10.6. The highest BCUT2D eigenvalue weighted by Crippen LogP contribution is 2.28. The lowest BCUT2D eigenvalue weighted by molar-refractivity contribution is 0.317. The molecule has 1 heterocycles. The second kappa shape index (κ2) is 5.93. The van der Waals surface area contributed by atoms with Crippen molar-refractivity contribution in [3.8, 4) is 16.3 Å². The van der Waals surface area contributed by atoms with Gasteiger partial charge < -0.3 is 10.5 Å². The van der Waals surface area contributed by atoms with E-state index >= 15 is 0 Å². The maximum Gasteiger partial charge on any atom is 0.147 e. The Morgan fingerprint density at radius 2 is 2.22 bits per heavy atom. The Morgan fingerprint density at radius 1 is 1.39 bits per heavy atom. The molecule has 1 unspecified atom stereocenters. The van der Waals surface area contributed by atoms with Gasteiger partial charge in [0.1, 0.15) is 15.8 Å². The summed E-state index contributed by atoms with van der Waals surface area (Å²) in [6.45, 7) is 4.72. The predicted octanol–water partition coefficient (Wildman–Crippen LogP) is 3.01. The molecule has 0 aliphatic rings. The maximum absolute atomic E-state index is 5.78. The molecule has 0 saturated carbocycles. The normalized spacial score (nSPS) is 12.4. The summed E-state index contributed by atoms with van der Waals surface area (Å²) in [5, 5.41) is 9.98. The molecule has 0 amide bonds. The summed E-state index contributed by atoms with van der Waals surface area (Å²) in [4.78, 5) is 0. The van der Waals surface area contributed by atoms with E-state index in [0.717, 1.165) is 34.4 Å². The maximum atomic E-state index is 5.78. The highest BCUT2D eigenvalue weighted by atomic mass is 32.1. The third kappa shape index (κ3) is 3.05. The molecule has 0 spiro atoms. The number of hydrogen-bond donors (Lipinski definition) is 1. The summed E-state index contributed by atoms with van der Waals surface area (Å²) in [5.41, 5.74) is 6.81. The van der Waals surface area contributed by atoms with Gasteiger partial charge in [-0.25, -0.2) is 0 Å².